The zero-order valence-electron chi connectivity index (χ0n) is 8.94. The summed E-state index contributed by atoms with van der Waals surface area (Å²) in [5.74, 6) is 0.513. The van der Waals surface area contributed by atoms with E-state index in [1.54, 1.807) is 19.0 Å². The normalized spacial score (nSPS) is 12.9. The number of hydrogen-bond acceptors (Lipinski definition) is 1. The molecule has 0 unspecified atom stereocenters. The zero-order chi connectivity index (χ0) is 11.3. The molecule has 0 aliphatic carbocycles. The molecule has 6 nitrogen and oxygen atoms in total. The molecule has 82 valence electrons. The Morgan fingerprint density at radius 1 is 1.47 bits per heavy atom. The van der Waals surface area contributed by atoms with E-state index in [2.05, 4.69) is 15.0 Å². The lowest BCUT2D eigenvalue weighted by Gasteiger charge is -2.09. The van der Waals surface area contributed by atoms with E-state index in [0.29, 0.717) is 12.5 Å². The van der Waals surface area contributed by atoms with Crippen molar-refractivity contribution < 1.29 is 0 Å². The first-order valence-electron chi connectivity index (χ1n) is 4.53. The van der Waals surface area contributed by atoms with Crippen LogP contribution in [0.25, 0.3) is 0 Å². The van der Waals surface area contributed by atoms with Crippen molar-refractivity contribution in [3.8, 4) is 0 Å². The summed E-state index contributed by atoms with van der Waals surface area (Å²) in [5, 5.41) is 0. The Morgan fingerprint density at radius 2 is 2.20 bits per heavy atom. The van der Waals surface area contributed by atoms with Gasteiger partial charge in [-0.1, -0.05) is 0 Å². The highest BCUT2D eigenvalue weighted by molar-refractivity contribution is 5.92. The van der Waals surface area contributed by atoms with E-state index in [4.69, 9.17) is 11.5 Å². The lowest BCUT2D eigenvalue weighted by Crippen LogP contribution is -2.32. The molecule has 1 heterocycles. The van der Waals surface area contributed by atoms with Gasteiger partial charge in [-0.2, -0.15) is 4.99 Å². The molecule has 0 saturated carbocycles. The van der Waals surface area contributed by atoms with Crippen molar-refractivity contribution >= 4 is 11.9 Å². The molecule has 15 heavy (non-hydrogen) atoms. The summed E-state index contributed by atoms with van der Waals surface area (Å²) >= 11 is 0. The molecule has 0 aliphatic rings. The van der Waals surface area contributed by atoms with E-state index in [1.165, 1.54) is 0 Å². The number of hydrogen-bond donors (Lipinski definition) is 3. The summed E-state index contributed by atoms with van der Waals surface area (Å²) in [6, 6.07) is 3.83. The third-order valence-corrected chi connectivity index (χ3v) is 1.76. The second kappa shape index (κ2) is 5.04. The summed E-state index contributed by atoms with van der Waals surface area (Å²) in [7, 11) is 3.58. The molecule has 0 spiro atoms. The first-order chi connectivity index (χ1) is 7.09. The van der Waals surface area contributed by atoms with Crippen LogP contribution in [-0.2, 0) is 6.54 Å². The average molecular weight is 208 g/mol. The Hall–Kier alpha value is -1.98. The predicted octanol–water partition coefficient (Wildman–Crippen LogP) is -0.294. The van der Waals surface area contributed by atoms with Gasteiger partial charge < -0.3 is 21.4 Å². The van der Waals surface area contributed by atoms with Crippen molar-refractivity contribution in [1.29, 1.82) is 0 Å². The van der Waals surface area contributed by atoms with Crippen LogP contribution in [-0.4, -0.2) is 35.9 Å². The number of nitrogens with two attached hydrogens (primary N) is 2. The molecule has 1 rings (SSSR count). The molecule has 0 atom stereocenters. The molecule has 0 aromatic carbocycles. The highest BCUT2D eigenvalue weighted by Crippen LogP contribution is 1.96. The molecular weight excluding hydrogens is 192 g/mol. The molecule has 1 aromatic rings. The van der Waals surface area contributed by atoms with Crippen molar-refractivity contribution in [2.75, 3.05) is 14.1 Å². The standard InChI is InChI=1S/C9H16N6/c1-15(2)9(11)14-8(10)13-6-7-4-3-5-12-7/h3-5,12H,6H2,1-2H3,(H4,10,11,13,14). The Labute approximate surface area is 88.7 Å². The summed E-state index contributed by atoms with van der Waals surface area (Å²) in [6.45, 7) is 0.475. The molecule has 0 aliphatic heterocycles. The minimum atomic E-state index is 0.177. The van der Waals surface area contributed by atoms with Gasteiger partial charge in [0.1, 0.15) is 0 Å². The molecule has 5 N–H and O–H groups in total. The molecule has 1 aromatic heterocycles. The topological polar surface area (TPSA) is 95.8 Å². The predicted molar refractivity (Wildman–Crippen MR) is 61.4 cm³/mol. The number of rotatable bonds is 2. The van der Waals surface area contributed by atoms with Gasteiger partial charge in [-0.3, -0.25) is 0 Å². The molecule has 0 saturated heterocycles. The van der Waals surface area contributed by atoms with E-state index >= 15 is 0 Å². The van der Waals surface area contributed by atoms with E-state index in [-0.39, 0.29) is 5.96 Å². The molecule has 6 heteroatoms. The Balaban J connectivity index is 2.57. The van der Waals surface area contributed by atoms with Crippen LogP contribution in [0.1, 0.15) is 5.69 Å². The van der Waals surface area contributed by atoms with Gasteiger partial charge in [0.15, 0.2) is 5.96 Å². The average Bonchev–Trinajstić information content (AvgIpc) is 2.66. The Morgan fingerprint density at radius 3 is 2.73 bits per heavy atom. The second-order valence-electron chi connectivity index (χ2n) is 3.23. The maximum absolute atomic E-state index is 5.57. The lowest BCUT2D eigenvalue weighted by atomic mass is 10.4. The summed E-state index contributed by atoms with van der Waals surface area (Å²) in [4.78, 5) is 12.6. The van der Waals surface area contributed by atoms with Crippen molar-refractivity contribution in [1.82, 2.24) is 9.88 Å². The van der Waals surface area contributed by atoms with Crippen LogP contribution in [0.5, 0.6) is 0 Å². The number of nitrogens with one attached hydrogen (secondary N) is 1. The fourth-order valence-corrected chi connectivity index (χ4v) is 0.885. The SMILES string of the molecule is CN(C)/C(N)=N/C(N)=NCc1ccc[nH]1. The first-order valence-corrected chi connectivity index (χ1v) is 4.53. The fourth-order valence-electron chi connectivity index (χ4n) is 0.885. The van der Waals surface area contributed by atoms with Gasteiger partial charge in [-0.05, 0) is 12.1 Å². The summed E-state index contributed by atoms with van der Waals surface area (Å²) in [6.07, 6.45) is 1.83. The third kappa shape index (κ3) is 3.72. The minimum absolute atomic E-state index is 0.177. The summed E-state index contributed by atoms with van der Waals surface area (Å²) in [5.41, 5.74) is 12.1. The molecule has 0 radical (unpaired) electrons. The first kappa shape index (κ1) is 11.1. The van der Waals surface area contributed by atoms with Crippen LogP contribution >= 0.6 is 0 Å². The molecule has 0 fully saturated rings. The van der Waals surface area contributed by atoms with Gasteiger partial charge in [0, 0.05) is 26.0 Å². The van der Waals surface area contributed by atoms with Crippen LogP contribution < -0.4 is 11.5 Å². The largest absolute Gasteiger partial charge is 0.369 e. The number of guanidine groups is 2. The van der Waals surface area contributed by atoms with E-state index in [0.717, 1.165) is 5.69 Å². The van der Waals surface area contributed by atoms with Gasteiger partial charge in [-0.15, -0.1) is 0 Å². The Bertz CT molecular complexity index is 349. The highest BCUT2D eigenvalue weighted by atomic mass is 15.2. The van der Waals surface area contributed by atoms with Crippen molar-refractivity contribution in [2.24, 2.45) is 21.5 Å². The van der Waals surface area contributed by atoms with E-state index in [1.807, 2.05) is 18.3 Å². The monoisotopic (exact) mass is 208 g/mol. The van der Waals surface area contributed by atoms with Crippen molar-refractivity contribution in [2.45, 2.75) is 6.54 Å². The molecule has 0 bridgehead atoms. The van der Waals surface area contributed by atoms with E-state index < -0.39 is 0 Å². The van der Waals surface area contributed by atoms with Crippen molar-refractivity contribution in [3.63, 3.8) is 0 Å². The fraction of sp³-hybridized carbons (Fsp3) is 0.333. The van der Waals surface area contributed by atoms with Crippen LogP contribution in [0.4, 0.5) is 0 Å². The Kier molecular flexibility index (Phi) is 3.73. The number of aromatic amines is 1. The maximum Gasteiger partial charge on any atom is 0.218 e. The van der Waals surface area contributed by atoms with Crippen molar-refractivity contribution in [3.05, 3.63) is 24.0 Å². The van der Waals surface area contributed by atoms with Gasteiger partial charge >= 0.3 is 0 Å². The van der Waals surface area contributed by atoms with Crippen LogP contribution in [0.2, 0.25) is 0 Å². The van der Waals surface area contributed by atoms with Gasteiger partial charge in [0.05, 0.1) is 6.54 Å². The van der Waals surface area contributed by atoms with Gasteiger partial charge in [-0.25, -0.2) is 4.99 Å². The lowest BCUT2D eigenvalue weighted by molar-refractivity contribution is 0.615. The van der Waals surface area contributed by atoms with Gasteiger partial charge in [0.25, 0.3) is 0 Å². The minimum Gasteiger partial charge on any atom is -0.369 e. The number of nitrogens with zero attached hydrogens (tertiary/aromatic N) is 3. The van der Waals surface area contributed by atoms with Gasteiger partial charge in [0.2, 0.25) is 5.96 Å². The third-order valence-electron chi connectivity index (χ3n) is 1.76. The number of aromatic nitrogens is 1. The second-order valence-corrected chi connectivity index (χ2v) is 3.23. The highest BCUT2D eigenvalue weighted by Gasteiger charge is 1.96. The quantitative estimate of drug-likeness (QED) is 0.460. The van der Waals surface area contributed by atoms with Crippen LogP contribution in [0.3, 0.4) is 0 Å². The van der Waals surface area contributed by atoms with Crippen LogP contribution in [0, 0.1) is 0 Å². The number of aliphatic imine (C=N–C) groups is 2. The summed E-state index contributed by atoms with van der Waals surface area (Å²) < 4.78 is 0. The zero-order valence-corrected chi connectivity index (χ0v) is 8.94. The molecule has 0 amide bonds. The number of H-pyrrole nitrogens is 1. The smallest absolute Gasteiger partial charge is 0.218 e. The van der Waals surface area contributed by atoms with E-state index in [9.17, 15) is 0 Å². The molecular formula is C9H16N6. The van der Waals surface area contributed by atoms with Crippen LogP contribution in [0.15, 0.2) is 28.3 Å². The maximum atomic E-state index is 5.57.